The normalized spacial score (nSPS) is 13.4. The second kappa shape index (κ2) is 6.98. The number of nitrogens with zero attached hydrogens (tertiary/aromatic N) is 1. The van der Waals surface area contributed by atoms with Gasteiger partial charge in [-0.25, -0.2) is 13.1 Å². The largest absolute Gasteiger partial charge is 0.329 e. The van der Waals surface area contributed by atoms with Crippen molar-refractivity contribution < 1.29 is 8.42 Å². The molecule has 0 amide bonds. The molecule has 0 aliphatic heterocycles. The first-order valence-electron chi connectivity index (χ1n) is 7.13. The Balaban J connectivity index is 2.33. The van der Waals surface area contributed by atoms with Gasteiger partial charge in [0.15, 0.2) is 0 Å². The van der Waals surface area contributed by atoms with Crippen LogP contribution in [0.5, 0.6) is 0 Å². The van der Waals surface area contributed by atoms with Crippen molar-refractivity contribution in [2.45, 2.75) is 37.1 Å². The molecule has 0 saturated carbocycles. The fourth-order valence-electron chi connectivity index (χ4n) is 2.29. The van der Waals surface area contributed by atoms with Crippen LogP contribution in [0.1, 0.15) is 26.2 Å². The number of aromatic nitrogens is 1. The Morgan fingerprint density at radius 1 is 1.33 bits per heavy atom. The van der Waals surface area contributed by atoms with Crippen LogP contribution in [0.25, 0.3) is 10.8 Å². The third-order valence-corrected chi connectivity index (χ3v) is 5.02. The Morgan fingerprint density at radius 3 is 2.86 bits per heavy atom. The summed E-state index contributed by atoms with van der Waals surface area (Å²) < 4.78 is 27.9. The summed E-state index contributed by atoms with van der Waals surface area (Å²) in [7, 11) is -3.59. The molecule has 1 aromatic heterocycles. The number of pyridine rings is 1. The van der Waals surface area contributed by atoms with E-state index in [1.165, 1.54) is 0 Å². The Hall–Kier alpha value is -1.50. The smallest absolute Gasteiger partial charge is 0.241 e. The van der Waals surface area contributed by atoms with Crippen LogP contribution in [0, 0.1) is 0 Å². The highest BCUT2D eigenvalue weighted by Gasteiger charge is 2.20. The van der Waals surface area contributed by atoms with Gasteiger partial charge in [-0.1, -0.05) is 31.9 Å². The summed E-state index contributed by atoms with van der Waals surface area (Å²) >= 11 is 0. The van der Waals surface area contributed by atoms with E-state index in [9.17, 15) is 8.42 Å². The van der Waals surface area contributed by atoms with Gasteiger partial charge in [0.1, 0.15) is 0 Å². The van der Waals surface area contributed by atoms with Crippen LogP contribution < -0.4 is 10.5 Å². The fourth-order valence-corrected chi connectivity index (χ4v) is 3.80. The van der Waals surface area contributed by atoms with E-state index < -0.39 is 10.0 Å². The minimum atomic E-state index is -3.59. The van der Waals surface area contributed by atoms with E-state index in [4.69, 9.17) is 5.73 Å². The third kappa shape index (κ3) is 3.78. The molecule has 2 rings (SSSR count). The standard InChI is InChI=1S/C15H21N3O2S/c1-2-3-6-13(10-16)18-21(19,20)15-7-4-5-12-11-17-9-8-14(12)15/h4-5,7-9,11,13,18H,2-3,6,10,16H2,1H3/t13-/m1/s1. The van der Waals surface area contributed by atoms with Gasteiger partial charge in [-0.3, -0.25) is 4.98 Å². The molecule has 0 aliphatic rings. The molecule has 0 saturated heterocycles. The third-order valence-electron chi connectivity index (χ3n) is 3.44. The lowest BCUT2D eigenvalue weighted by Crippen LogP contribution is -2.40. The van der Waals surface area contributed by atoms with Gasteiger partial charge in [0.05, 0.1) is 4.90 Å². The number of nitrogens with one attached hydrogen (secondary N) is 1. The first kappa shape index (κ1) is 15.9. The molecule has 114 valence electrons. The summed E-state index contributed by atoms with van der Waals surface area (Å²) in [6.45, 7) is 2.37. The van der Waals surface area contributed by atoms with Crippen molar-refractivity contribution in [1.29, 1.82) is 0 Å². The molecule has 1 heterocycles. The number of nitrogens with two attached hydrogens (primary N) is 1. The van der Waals surface area contributed by atoms with Gasteiger partial charge in [-0.2, -0.15) is 0 Å². The molecule has 6 heteroatoms. The molecule has 21 heavy (non-hydrogen) atoms. The van der Waals surface area contributed by atoms with Gasteiger partial charge in [-0.05, 0) is 18.6 Å². The van der Waals surface area contributed by atoms with Crippen molar-refractivity contribution >= 4 is 20.8 Å². The van der Waals surface area contributed by atoms with Gasteiger partial charge >= 0.3 is 0 Å². The molecule has 1 atom stereocenters. The van der Waals surface area contributed by atoms with E-state index in [1.54, 1.807) is 30.6 Å². The molecular weight excluding hydrogens is 286 g/mol. The molecule has 0 unspecified atom stereocenters. The molecule has 0 bridgehead atoms. The van der Waals surface area contributed by atoms with Crippen LogP contribution in [-0.4, -0.2) is 26.0 Å². The summed E-state index contributed by atoms with van der Waals surface area (Å²) in [6, 6.07) is 6.67. The van der Waals surface area contributed by atoms with Crippen molar-refractivity contribution in [3.05, 3.63) is 36.7 Å². The maximum atomic E-state index is 12.6. The van der Waals surface area contributed by atoms with E-state index in [0.29, 0.717) is 11.9 Å². The summed E-state index contributed by atoms with van der Waals surface area (Å²) in [5.41, 5.74) is 5.67. The first-order chi connectivity index (χ1) is 10.1. The number of benzene rings is 1. The van der Waals surface area contributed by atoms with Gasteiger partial charge in [0.25, 0.3) is 0 Å². The van der Waals surface area contributed by atoms with Crippen molar-refractivity contribution in [1.82, 2.24) is 9.71 Å². The molecule has 5 nitrogen and oxygen atoms in total. The maximum absolute atomic E-state index is 12.6. The number of rotatable bonds is 7. The molecule has 1 aromatic carbocycles. The van der Waals surface area contributed by atoms with E-state index in [1.807, 2.05) is 6.07 Å². The molecular formula is C15H21N3O2S. The van der Waals surface area contributed by atoms with Crippen LogP contribution in [0.2, 0.25) is 0 Å². The van der Waals surface area contributed by atoms with Crippen LogP contribution in [0.3, 0.4) is 0 Å². The maximum Gasteiger partial charge on any atom is 0.241 e. The topological polar surface area (TPSA) is 85.1 Å². The Labute approximate surface area is 125 Å². The molecule has 0 radical (unpaired) electrons. The van der Waals surface area contributed by atoms with Crippen molar-refractivity contribution in [2.24, 2.45) is 5.73 Å². The average molecular weight is 307 g/mol. The molecule has 0 spiro atoms. The van der Waals surface area contributed by atoms with Gasteiger partial charge < -0.3 is 5.73 Å². The SMILES string of the molecule is CCCC[C@H](CN)NS(=O)(=O)c1cccc2cnccc12. The van der Waals surface area contributed by atoms with E-state index in [2.05, 4.69) is 16.6 Å². The highest BCUT2D eigenvalue weighted by molar-refractivity contribution is 7.89. The number of fused-ring (bicyclic) bond motifs is 1. The van der Waals surface area contributed by atoms with Crippen molar-refractivity contribution in [3.8, 4) is 0 Å². The second-order valence-corrected chi connectivity index (χ2v) is 6.73. The van der Waals surface area contributed by atoms with Crippen molar-refractivity contribution in [2.75, 3.05) is 6.54 Å². The first-order valence-corrected chi connectivity index (χ1v) is 8.62. The number of hydrogen-bond acceptors (Lipinski definition) is 4. The Morgan fingerprint density at radius 2 is 2.14 bits per heavy atom. The monoisotopic (exact) mass is 307 g/mol. The zero-order valence-electron chi connectivity index (χ0n) is 12.1. The van der Waals surface area contributed by atoms with Crippen LogP contribution in [-0.2, 0) is 10.0 Å². The minimum Gasteiger partial charge on any atom is -0.329 e. The average Bonchev–Trinajstić information content (AvgIpc) is 2.50. The Kier molecular flexibility index (Phi) is 5.27. The van der Waals surface area contributed by atoms with Gasteiger partial charge in [-0.15, -0.1) is 0 Å². The summed E-state index contributed by atoms with van der Waals surface area (Å²) in [5.74, 6) is 0. The summed E-state index contributed by atoms with van der Waals surface area (Å²) in [6.07, 6.45) is 5.96. The lowest BCUT2D eigenvalue weighted by atomic mass is 10.1. The number of unbranched alkanes of at least 4 members (excludes halogenated alkanes) is 1. The predicted octanol–water partition coefficient (Wildman–Crippen LogP) is 2.03. The van der Waals surface area contributed by atoms with Crippen LogP contribution in [0.15, 0.2) is 41.6 Å². The van der Waals surface area contributed by atoms with E-state index >= 15 is 0 Å². The van der Waals surface area contributed by atoms with Crippen LogP contribution in [0.4, 0.5) is 0 Å². The van der Waals surface area contributed by atoms with E-state index in [-0.39, 0.29) is 10.9 Å². The Bertz CT molecular complexity index is 696. The zero-order valence-corrected chi connectivity index (χ0v) is 12.9. The lowest BCUT2D eigenvalue weighted by molar-refractivity contribution is 0.517. The number of sulfonamides is 1. The highest BCUT2D eigenvalue weighted by Crippen LogP contribution is 2.22. The minimum absolute atomic E-state index is 0.230. The number of hydrogen-bond donors (Lipinski definition) is 2. The van der Waals surface area contributed by atoms with Gasteiger partial charge in [0.2, 0.25) is 10.0 Å². The molecule has 0 aliphatic carbocycles. The predicted molar refractivity (Wildman–Crippen MR) is 84.4 cm³/mol. The van der Waals surface area contributed by atoms with Gasteiger partial charge in [0, 0.05) is 35.8 Å². The summed E-state index contributed by atoms with van der Waals surface area (Å²) in [5, 5.41) is 1.48. The van der Waals surface area contributed by atoms with Crippen molar-refractivity contribution in [3.63, 3.8) is 0 Å². The zero-order chi connectivity index (χ0) is 15.3. The molecule has 0 fully saturated rings. The van der Waals surface area contributed by atoms with Crippen LogP contribution >= 0.6 is 0 Å². The molecule has 2 aromatic rings. The highest BCUT2D eigenvalue weighted by atomic mass is 32.2. The summed E-state index contributed by atoms with van der Waals surface area (Å²) in [4.78, 5) is 4.29. The molecule has 3 N–H and O–H groups in total. The van der Waals surface area contributed by atoms with E-state index in [0.717, 1.165) is 24.6 Å². The quantitative estimate of drug-likeness (QED) is 0.819. The lowest BCUT2D eigenvalue weighted by Gasteiger charge is -2.17. The second-order valence-electron chi connectivity index (χ2n) is 5.05. The fraction of sp³-hybridized carbons (Fsp3) is 0.400.